The number of carbonyl (C=O) groups excluding carboxylic acids is 3. The molecule has 1 heterocycles. The number of methoxy groups -OCH3 is 1. The van der Waals surface area contributed by atoms with Gasteiger partial charge in [-0.25, -0.2) is 9.18 Å². The number of likely N-dealkylation sites (tertiary alicyclic amines) is 1. The Bertz CT molecular complexity index is 763. The van der Waals surface area contributed by atoms with E-state index in [1.54, 1.807) is 20.8 Å². The molecule has 2 N–H and O–H groups in total. The first-order valence-corrected chi connectivity index (χ1v) is 9.51. The normalized spacial score (nSPS) is 16.3. The fourth-order valence-corrected chi connectivity index (χ4v) is 2.96. The van der Waals surface area contributed by atoms with Gasteiger partial charge in [0.2, 0.25) is 11.8 Å². The van der Waals surface area contributed by atoms with Crippen LogP contribution < -0.4 is 15.4 Å². The van der Waals surface area contributed by atoms with Gasteiger partial charge in [0, 0.05) is 31.3 Å². The molecule has 1 fully saturated rings. The quantitative estimate of drug-likeness (QED) is 0.753. The maximum Gasteiger partial charge on any atom is 0.410 e. The first-order valence-electron chi connectivity index (χ1n) is 9.51. The van der Waals surface area contributed by atoms with E-state index >= 15 is 0 Å². The van der Waals surface area contributed by atoms with Gasteiger partial charge in [-0.1, -0.05) is 0 Å². The van der Waals surface area contributed by atoms with Gasteiger partial charge >= 0.3 is 6.09 Å². The van der Waals surface area contributed by atoms with Crippen molar-refractivity contribution in [3.8, 4) is 5.75 Å². The molecule has 0 radical (unpaired) electrons. The summed E-state index contributed by atoms with van der Waals surface area (Å²) in [5, 5.41) is 5.24. The Morgan fingerprint density at radius 3 is 2.62 bits per heavy atom. The molecule has 1 saturated heterocycles. The second kappa shape index (κ2) is 9.58. The lowest BCUT2D eigenvalue weighted by molar-refractivity contribution is -0.125. The lowest BCUT2D eigenvalue weighted by Gasteiger charge is -2.28. The smallest absolute Gasteiger partial charge is 0.410 e. The Morgan fingerprint density at radius 2 is 2.00 bits per heavy atom. The highest BCUT2D eigenvalue weighted by Gasteiger charge is 2.36. The van der Waals surface area contributed by atoms with Crippen molar-refractivity contribution in [3.63, 3.8) is 0 Å². The molecule has 0 saturated carbocycles. The van der Waals surface area contributed by atoms with Crippen LogP contribution >= 0.6 is 0 Å². The third-order valence-electron chi connectivity index (χ3n) is 4.27. The van der Waals surface area contributed by atoms with Crippen LogP contribution in [0.25, 0.3) is 0 Å². The second-order valence-electron chi connectivity index (χ2n) is 7.77. The van der Waals surface area contributed by atoms with E-state index in [0.717, 1.165) is 6.07 Å². The fourth-order valence-electron chi connectivity index (χ4n) is 2.96. The van der Waals surface area contributed by atoms with E-state index in [9.17, 15) is 18.8 Å². The molecule has 2 rings (SSSR count). The van der Waals surface area contributed by atoms with Crippen molar-refractivity contribution >= 4 is 23.6 Å². The summed E-state index contributed by atoms with van der Waals surface area (Å²) in [7, 11) is 1.35. The van der Waals surface area contributed by atoms with Gasteiger partial charge in [-0.2, -0.15) is 0 Å². The van der Waals surface area contributed by atoms with E-state index in [1.165, 1.54) is 24.1 Å². The number of nitrogens with zero attached hydrogens (tertiary/aromatic N) is 1. The van der Waals surface area contributed by atoms with Crippen LogP contribution in [0.3, 0.4) is 0 Å². The molecule has 1 aromatic carbocycles. The topological polar surface area (TPSA) is 97.0 Å². The van der Waals surface area contributed by atoms with E-state index in [4.69, 9.17) is 9.47 Å². The van der Waals surface area contributed by atoms with Crippen LogP contribution in [0.4, 0.5) is 14.9 Å². The van der Waals surface area contributed by atoms with Crippen LogP contribution in [0.1, 0.15) is 40.0 Å². The van der Waals surface area contributed by atoms with E-state index in [-0.39, 0.29) is 30.5 Å². The van der Waals surface area contributed by atoms with Crippen LogP contribution in [0.5, 0.6) is 5.75 Å². The van der Waals surface area contributed by atoms with Crippen LogP contribution in [0.2, 0.25) is 0 Å². The summed E-state index contributed by atoms with van der Waals surface area (Å²) < 4.78 is 23.8. The van der Waals surface area contributed by atoms with Crippen molar-refractivity contribution in [2.24, 2.45) is 0 Å². The number of anilines is 1. The van der Waals surface area contributed by atoms with Crippen molar-refractivity contribution in [1.29, 1.82) is 0 Å². The minimum Gasteiger partial charge on any atom is -0.494 e. The zero-order valence-electron chi connectivity index (χ0n) is 17.2. The third-order valence-corrected chi connectivity index (χ3v) is 4.27. The maximum atomic E-state index is 13.7. The van der Waals surface area contributed by atoms with E-state index in [2.05, 4.69) is 10.6 Å². The van der Waals surface area contributed by atoms with Crippen molar-refractivity contribution in [1.82, 2.24) is 10.2 Å². The number of halogens is 1. The molecule has 1 aliphatic rings. The predicted octanol–water partition coefficient (Wildman–Crippen LogP) is 2.68. The van der Waals surface area contributed by atoms with Crippen molar-refractivity contribution in [3.05, 3.63) is 24.0 Å². The number of nitrogens with one attached hydrogen (secondary N) is 2. The lowest BCUT2D eigenvalue weighted by Crippen LogP contribution is -2.47. The summed E-state index contributed by atoms with van der Waals surface area (Å²) in [5.74, 6) is -1.19. The SMILES string of the molecule is COc1ccc(NC(=O)CCNC(=O)C2CCCN2C(=O)OC(C)(C)C)cc1F. The number of carbonyl (C=O) groups is 3. The molecule has 0 bridgehead atoms. The monoisotopic (exact) mass is 409 g/mol. The number of hydrogen-bond acceptors (Lipinski definition) is 5. The molecule has 160 valence electrons. The van der Waals surface area contributed by atoms with Gasteiger partial charge in [0.05, 0.1) is 7.11 Å². The highest BCUT2D eigenvalue weighted by atomic mass is 19.1. The number of rotatable bonds is 6. The Kier molecular flexibility index (Phi) is 7.41. The largest absolute Gasteiger partial charge is 0.494 e. The summed E-state index contributed by atoms with van der Waals surface area (Å²) in [6.45, 7) is 5.86. The number of hydrogen-bond donors (Lipinski definition) is 2. The number of amides is 3. The third kappa shape index (κ3) is 6.62. The van der Waals surface area contributed by atoms with E-state index < -0.39 is 23.6 Å². The van der Waals surface area contributed by atoms with Crippen LogP contribution in [-0.4, -0.2) is 54.6 Å². The molecule has 1 atom stereocenters. The van der Waals surface area contributed by atoms with Gasteiger partial charge in [0.15, 0.2) is 11.6 Å². The van der Waals surface area contributed by atoms with Gasteiger partial charge < -0.3 is 20.1 Å². The van der Waals surface area contributed by atoms with Crippen molar-refractivity contribution < 1.29 is 28.2 Å². The maximum absolute atomic E-state index is 13.7. The summed E-state index contributed by atoms with van der Waals surface area (Å²) in [4.78, 5) is 38.1. The molecule has 1 unspecified atom stereocenters. The lowest BCUT2D eigenvalue weighted by atomic mass is 10.2. The Labute approximate surface area is 169 Å². The highest BCUT2D eigenvalue weighted by molar-refractivity contribution is 5.91. The van der Waals surface area contributed by atoms with Crippen molar-refractivity contribution in [2.75, 3.05) is 25.5 Å². The van der Waals surface area contributed by atoms with E-state index in [1.807, 2.05) is 0 Å². The average molecular weight is 409 g/mol. The molecule has 29 heavy (non-hydrogen) atoms. The molecule has 0 spiro atoms. The summed E-state index contributed by atoms with van der Waals surface area (Å²) in [5.41, 5.74) is -0.341. The van der Waals surface area contributed by atoms with Crippen LogP contribution in [0.15, 0.2) is 18.2 Å². The number of benzene rings is 1. The molecular formula is C20H28FN3O5. The fraction of sp³-hybridized carbons (Fsp3) is 0.550. The molecule has 1 aromatic rings. The van der Waals surface area contributed by atoms with Gasteiger partial charge in [0.1, 0.15) is 11.6 Å². The molecule has 9 heteroatoms. The standard InChI is InChI=1S/C20H28FN3O5/c1-20(2,3)29-19(27)24-11-5-6-15(24)18(26)22-10-9-17(25)23-13-7-8-16(28-4)14(21)12-13/h7-8,12,15H,5-6,9-11H2,1-4H3,(H,22,26)(H,23,25). The van der Waals surface area contributed by atoms with Gasteiger partial charge in [-0.3, -0.25) is 14.5 Å². The summed E-state index contributed by atoms with van der Waals surface area (Å²) in [6, 6.07) is 3.49. The van der Waals surface area contributed by atoms with E-state index in [0.29, 0.717) is 25.1 Å². The van der Waals surface area contributed by atoms with Gasteiger partial charge in [-0.05, 0) is 45.7 Å². The summed E-state index contributed by atoms with van der Waals surface area (Å²) in [6.07, 6.45) is 0.747. The second-order valence-corrected chi connectivity index (χ2v) is 7.77. The predicted molar refractivity (Wildman–Crippen MR) is 105 cm³/mol. The zero-order valence-corrected chi connectivity index (χ0v) is 17.2. The van der Waals surface area contributed by atoms with Gasteiger partial charge in [-0.15, -0.1) is 0 Å². The molecule has 0 aromatic heterocycles. The van der Waals surface area contributed by atoms with Gasteiger partial charge in [0.25, 0.3) is 0 Å². The zero-order chi connectivity index (χ0) is 21.6. The highest BCUT2D eigenvalue weighted by Crippen LogP contribution is 2.22. The minimum absolute atomic E-state index is 0.0124. The molecule has 1 aliphatic heterocycles. The van der Waals surface area contributed by atoms with Crippen LogP contribution in [-0.2, 0) is 14.3 Å². The Hall–Kier alpha value is -2.84. The molecule has 8 nitrogen and oxygen atoms in total. The summed E-state index contributed by atoms with van der Waals surface area (Å²) >= 11 is 0. The number of ether oxygens (including phenoxy) is 2. The molecular weight excluding hydrogens is 381 g/mol. The Balaban J connectivity index is 1.80. The van der Waals surface area contributed by atoms with Crippen LogP contribution in [0, 0.1) is 5.82 Å². The average Bonchev–Trinajstić information content (AvgIpc) is 3.10. The minimum atomic E-state index is -0.639. The first-order chi connectivity index (χ1) is 13.6. The molecule has 0 aliphatic carbocycles. The molecule has 3 amide bonds. The Morgan fingerprint density at radius 1 is 1.28 bits per heavy atom. The first kappa shape index (κ1) is 22.4. The van der Waals surface area contributed by atoms with Crippen molar-refractivity contribution in [2.45, 2.75) is 51.7 Å².